The van der Waals surface area contributed by atoms with Crippen molar-refractivity contribution in [3.05, 3.63) is 21.3 Å². The van der Waals surface area contributed by atoms with E-state index in [4.69, 9.17) is 39.9 Å². The average molecular weight is 310 g/mol. The number of nitrogens with zero attached hydrogens (tertiary/aromatic N) is 2. The van der Waals surface area contributed by atoms with Gasteiger partial charge in [0.25, 0.3) is 0 Å². The van der Waals surface area contributed by atoms with Crippen molar-refractivity contribution in [3.63, 3.8) is 0 Å². The molecule has 3 nitrogen and oxygen atoms in total. The zero-order valence-electron chi connectivity index (χ0n) is 9.87. The summed E-state index contributed by atoms with van der Waals surface area (Å²) in [5.74, 6) is 1.17. The molecule has 18 heavy (non-hydrogen) atoms. The first-order valence-corrected chi connectivity index (χ1v) is 7.12. The highest BCUT2D eigenvalue weighted by Gasteiger charge is 2.23. The number of hydrogen-bond donors (Lipinski definition) is 1. The highest BCUT2D eigenvalue weighted by molar-refractivity contribution is 6.42. The molecule has 2 heterocycles. The fraction of sp³-hybridized carbons (Fsp3) is 0.583. The zero-order chi connectivity index (χ0) is 13.1. The van der Waals surface area contributed by atoms with Crippen molar-refractivity contribution in [2.75, 3.05) is 24.6 Å². The minimum Gasteiger partial charge on any atom is -0.396 e. The molecule has 1 aromatic rings. The maximum absolute atomic E-state index is 9.01. The largest absolute Gasteiger partial charge is 0.396 e. The molecule has 0 aromatic carbocycles. The van der Waals surface area contributed by atoms with Gasteiger partial charge in [-0.15, -0.1) is 0 Å². The van der Waals surface area contributed by atoms with E-state index >= 15 is 0 Å². The molecule has 6 heteroatoms. The summed E-state index contributed by atoms with van der Waals surface area (Å²) in [6.45, 7) is 1.99. The number of aliphatic hydroxyl groups is 1. The van der Waals surface area contributed by atoms with Gasteiger partial charge in [-0.2, -0.15) is 0 Å². The van der Waals surface area contributed by atoms with Gasteiger partial charge in [-0.3, -0.25) is 0 Å². The molecule has 1 N–H and O–H groups in total. The van der Waals surface area contributed by atoms with E-state index in [1.165, 1.54) is 0 Å². The molecule has 0 saturated carbocycles. The van der Waals surface area contributed by atoms with Crippen LogP contribution in [0.3, 0.4) is 0 Å². The minimum absolute atomic E-state index is 0.223. The van der Waals surface area contributed by atoms with Crippen molar-refractivity contribution in [2.24, 2.45) is 5.92 Å². The van der Waals surface area contributed by atoms with Crippen LogP contribution in [-0.4, -0.2) is 29.8 Å². The van der Waals surface area contributed by atoms with Crippen LogP contribution in [0.5, 0.6) is 0 Å². The van der Waals surface area contributed by atoms with Gasteiger partial charge in [0.1, 0.15) is 11.0 Å². The summed E-state index contributed by atoms with van der Waals surface area (Å²) in [5, 5.41) is 10.2. The second-order valence-electron chi connectivity index (χ2n) is 4.53. The van der Waals surface area contributed by atoms with Crippen molar-refractivity contribution >= 4 is 40.6 Å². The van der Waals surface area contributed by atoms with Gasteiger partial charge in [0.2, 0.25) is 0 Å². The standard InChI is InChI=1S/C12H15Cl3N2O/c13-9-6-10(14)12(16-11(9)15)17-4-1-2-8(7-17)3-5-18/h6,8,18H,1-5,7H2. The second kappa shape index (κ2) is 6.29. The fourth-order valence-corrected chi connectivity index (χ4v) is 2.95. The maximum atomic E-state index is 9.01. The molecule has 1 atom stereocenters. The molecule has 0 spiro atoms. The maximum Gasteiger partial charge on any atom is 0.150 e. The van der Waals surface area contributed by atoms with E-state index in [0.717, 1.165) is 32.4 Å². The summed E-state index contributed by atoms with van der Waals surface area (Å²) in [4.78, 5) is 6.37. The third-order valence-corrected chi connectivity index (χ3v) is 4.18. The molecule has 0 radical (unpaired) electrons. The first kappa shape index (κ1) is 14.2. The summed E-state index contributed by atoms with van der Waals surface area (Å²) in [6, 6.07) is 1.63. The van der Waals surface area contributed by atoms with Crippen LogP contribution in [-0.2, 0) is 0 Å². The SMILES string of the molecule is OCCC1CCCN(c2nc(Cl)c(Cl)cc2Cl)C1. The Morgan fingerprint density at radius 3 is 2.83 bits per heavy atom. The molecule has 1 saturated heterocycles. The zero-order valence-corrected chi connectivity index (χ0v) is 12.1. The summed E-state index contributed by atoms with van der Waals surface area (Å²) in [6.07, 6.45) is 3.02. The van der Waals surface area contributed by atoms with Crippen molar-refractivity contribution in [1.29, 1.82) is 0 Å². The number of aliphatic hydroxyl groups excluding tert-OH is 1. The molecule has 0 aliphatic carbocycles. The molecule has 1 fully saturated rings. The van der Waals surface area contributed by atoms with Crippen LogP contribution >= 0.6 is 34.8 Å². The number of pyridine rings is 1. The Labute approximate surface area is 122 Å². The van der Waals surface area contributed by atoms with E-state index in [9.17, 15) is 0 Å². The number of rotatable bonds is 3. The summed E-state index contributed by atoms with van der Waals surface area (Å²) >= 11 is 18.0. The lowest BCUT2D eigenvalue weighted by molar-refractivity contribution is 0.244. The molecule has 100 valence electrons. The van der Waals surface area contributed by atoms with Crippen molar-refractivity contribution < 1.29 is 5.11 Å². The summed E-state index contributed by atoms with van der Waals surface area (Å²) in [5.41, 5.74) is 0. The Morgan fingerprint density at radius 1 is 1.33 bits per heavy atom. The lowest BCUT2D eigenvalue weighted by atomic mass is 9.95. The Hall–Kier alpha value is -0.220. The Morgan fingerprint density at radius 2 is 2.11 bits per heavy atom. The van der Waals surface area contributed by atoms with Gasteiger partial charge in [0.15, 0.2) is 0 Å². The molecule has 0 bridgehead atoms. The van der Waals surface area contributed by atoms with Gasteiger partial charge < -0.3 is 10.0 Å². The van der Waals surface area contributed by atoms with Crippen LogP contribution in [0.4, 0.5) is 5.82 Å². The highest BCUT2D eigenvalue weighted by atomic mass is 35.5. The van der Waals surface area contributed by atoms with Gasteiger partial charge in [0.05, 0.1) is 10.0 Å². The molecule has 1 unspecified atom stereocenters. The topological polar surface area (TPSA) is 36.4 Å². The van der Waals surface area contributed by atoms with E-state index in [0.29, 0.717) is 21.8 Å². The molecular weight excluding hydrogens is 295 g/mol. The fourth-order valence-electron chi connectivity index (χ4n) is 2.33. The van der Waals surface area contributed by atoms with E-state index in [-0.39, 0.29) is 11.8 Å². The third kappa shape index (κ3) is 3.21. The smallest absolute Gasteiger partial charge is 0.150 e. The van der Waals surface area contributed by atoms with E-state index in [2.05, 4.69) is 9.88 Å². The number of hydrogen-bond acceptors (Lipinski definition) is 3. The second-order valence-corrected chi connectivity index (χ2v) is 5.71. The minimum atomic E-state index is 0.223. The lowest BCUT2D eigenvalue weighted by Gasteiger charge is -2.34. The monoisotopic (exact) mass is 308 g/mol. The molecule has 0 amide bonds. The first-order valence-electron chi connectivity index (χ1n) is 5.99. The Kier molecular flexibility index (Phi) is 4.96. The van der Waals surface area contributed by atoms with Crippen LogP contribution in [0.2, 0.25) is 15.2 Å². The van der Waals surface area contributed by atoms with Gasteiger partial charge in [-0.25, -0.2) is 4.98 Å². The third-order valence-electron chi connectivity index (χ3n) is 3.22. The predicted molar refractivity (Wildman–Crippen MR) is 75.9 cm³/mol. The van der Waals surface area contributed by atoms with Crippen molar-refractivity contribution in [3.8, 4) is 0 Å². The molecule has 1 aliphatic heterocycles. The van der Waals surface area contributed by atoms with Crippen LogP contribution < -0.4 is 4.90 Å². The number of anilines is 1. The molecule has 1 aliphatic rings. The summed E-state index contributed by atoms with van der Waals surface area (Å²) < 4.78 is 0. The van der Waals surface area contributed by atoms with E-state index in [1.54, 1.807) is 6.07 Å². The number of halogens is 3. The van der Waals surface area contributed by atoms with Gasteiger partial charge in [-0.05, 0) is 31.2 Å². The number of aromatic nitrogens is 1. The predicted octanol–water partition coefficient (Wildman–Crippen LogP) is 3.64. The van der Waals surface area contributed by atoms with E-state index in [1.807, 2.05) is 0 Å². The van der Waals surface area contributed by atoms with Gasteiger partial charge in [-0.1, -0.05) is 34.8 Å². The van der Waals surface area contributed by atoms with E-state index < -0.39 is 0 Å². The Bertz CT molecular complexity index is 426. The van der Waals surface area contributed by atoms with Gasteiger partial charge in [0, 0.05) is 19.7 Å². The molecule has 1 aromatic heterocycles. The molecule has 2 rings (SSSR count). The van der Waals surface area contributed by atoms with Crippen molar-refractivity contribution in [1.82, 2.24) is 4.98 Å². The Balaban J connectivity index is 2.18. The van der Waals surface area contributed by atoms with Crippen molar-refractivity contribution in [2.45, 2.75) is 19.3 Å². The lowest BCUT2D eigenvalue weighted by Crippen LogP contribution is -2.36. The van der Waals surface area contributed by atoms with Crippen LogP contribution in [0.1, 0.15) is 19.3 Å². The first-order chi connectivity index (χ1) is 8.61. The van der Waals surface area contributed by atoms with Crippen LogP contribution in [0.25, 0.3) is 0 Å². The summed E-state index contributed by atoms with van der Waals surface area (Å²) in [7, 11) is 0. The quantitative estimate of drug-likeness (QED) is 0.866. The van der Waals surface area contributed by atoms with Crippen LogP contribution in [0.15, 0.2) is 6.07 Å². The van der Waals surface area contributed by atoms with Crippen LogP contribution in [0, 0.1) is 5.92 Å². The van der Waals surface area contributed by atoms with Gasteiger partial charge >= 0.3 is 0 Å². The number of piperidine rings is 1. The normalized spacial score (nSPS) is 20.2. The highest BCUT2D eigenvalue weighted by Crippen LogP contribution is 2.33. The molecular formula is C12H15Cl3N2O. The average Bonchev–Trinajstić information content (AvgIpc) is 2.34.